The van der Waals surface area contributed by atoms with Gasteiger partial charge >= 0.3 is 7.12 Å². The average Bonchev–Trinajstić information content (AvgIpc) is 2.55. The van der Waals surface area contributed by atoms with Crippen molar-refractivity contribution in [2.75, 3.05) is 0 Å². The van der Waals surface area contributed by atoms with E-state index in [2.05, 4.69) is 0 Å². The molecule has 0 unspecified atom stereocenters. The number of hydrogen-bond acceptors (Lipinski definition) is 4. The molecule has 0 aliphatic carbocycles. The molecular formula is C14H22BNO4S. The lowest BCUT2D eigenvalue weighted by molar-refractivity contribution is 0.00578. The van der Waals surface area contributed by atoms with Gasteiger partial charge in [0.15, 0.2) is 0 Å². The average molecular weight is 311 g/mol. The quantitative estimate of drug-likeness (QED) is 0.862. The Morgan fingerprint density at radius 2 is 1.52 bits per heavy atom. The van der Waals surface area contributed by atoms with Crippen LogP contribution in [0.3, 0.4) is 0 Å². The van der Waals surface area contributed by atoms with Crippen molar-refractivity contribution in [3.05, 3.63) is 29.8 Å². The monoisotopic (exact) mass is 311 g/mol. The molecule has 1 heterocycles. The van der Waals surface area contributed by atoms with Crippen LogP contribution >= 0.6 is 0 Å². The number of aryl methyl sites for hydroxylation is 1. The fourth-order valence-electron chi connectivity index (χ4n) is 2.21. The highest BCUT2D eigenvalue weighted by Gasteiger charge is 2.50. The molecule has 0 amide bonds. The van der Waals surface area contributed by atoms with E-state index in [1.807, 2.05) is 27.7 Å². The number of benzene rings is 1. The topological polar surface area (TPSA) is 78.6 Å². The highest BCUT2D eigenvalue weighted by atomic mass is 32.2. The zero-order valence-electron chi connectivity index (χ0n) is 12.9. The highest BCUT2D eigenvalue weighted by Crippen LogP contribution is 2.37. The molecule has 1 aromatic carbocycles. The van der Waals surface area contributed by atoms with Crippen LogP contribution < -0.4 is 5.14 Å². The Morgan fingerprint density at radius 3 is 1.95 bits per heavy atom. The van der Waals surface area contributed by atoms with Gasteiger partial charge in [-0.1, -0.05) is 12.1 Å². The SMILES string of the molecule is CC1(C)OB(CCc2ccc(S(N)(=O)=O)cc2)OC1(C)C. The van der Waals surface area contributed by atoms with Crippen LogP contribution in [0.1, 0.15) is 33.3 Å². The van der Waals surface area contributed by atoms with E-state index >= 15 is 0 Å². The fourth-order valence-corrected chi connectivity index (χ4v) is 2.73. The maximum absolute atomic E-state index is 11.2. The second-order valence-electron chi connectivity index (χ2n) is 6.41. The summed E-state index contributed by atoms with van der Waals surface area (Å²) in [6.45, 7) is 8.09. The lowest BCUT2D eigenvalue weighted by Crippen LogP contribution is -2.41. The van der Waals surface area contributed by atoms with Gasteiger partial charge < -0.3 is 9.31 Å². The second kappa shape index (κ2) is 5.39. The van der Waals surface area contributed by atoms with Gasteiger partial charge in [0.2, 0.25) is 10.0 Å². The Hall–Kier alpha value is -0.885. The summed E-state index contributed by atoms with van der Waals surface area (Å²) in [5.41, 5.74) is 0.377. The summed E-state index contributed by atoms with van der Waals surface area (Å²) in [7, 11) is -3.87. The summed E-state index contributed by atoms with van der Waals surface area (Å²) >= 11 is 0. The van der Waals surface area contributed by atoms with Crippen molar-refractivity contribution in [3.63, 3.8) is 0 Å². The van der Waals surface area contributed by atoms with E-state index in [4.69, 9.17) is 14.4 Å². The first-order valence-electron chi connectivity index (χ1n) is 6.99. The van der Waals surface area contributed by atoms with Crippen molar-refractivity contribution < 1.29 is 17.7 Å². The molecule has 2 N–H and O–H groups in total. The smallest absolute Gasteiger partial charge is 0.403 e. The summed E-state index contributed by atoms with van der Waals surface area (Å²) in [5, 5.41) is 5.07. The van der Waals surface area contributed by atoms with Crippen LogP contribution in [0.15, 0.2) is 29.2 Å². The number of sulfonamides is 1. The first-order chi connectivity index (χ1) is 9.51. The minimum atomic E-state index is -3.63. The molecule has 0 saturated carbocycles. The van der Waals surface area contributed by atoms with Gasteiger partial charge in [0, 0.05) is 0 Å². The van der Waals surface area contributed by atoms with E-state index in [1.165, 1.54) is 12.1 Å². The Balaban J connectivity index is 1.96. The first-order valence-corrected chi connectivity index (χ1v) is 8.53. The Bertz CT molecular complexity index is 594. The van der Waals surface area contributed by atoms with Gasteiger partial charge in [-0.15, -0.1) is 0 Å². The van der Waals surface area contributed by atoms with Crippen molar-refractivity contribution >= 4 is 17.1 Å². The van der Waals surface area contributed by atoms with Crippen molar-refractivity contribution in [2.45, 2.75) is 56.5 Å². The van der Waals surface area contributed by atoms with Gasteiger partial charge in [-0.25, -0.2) is 13.6 Å². The molecule has 5 nitrogen and oxygen atoms in total. The van der Waals surface area contributed by atoms with Gasteiger partial charge in [0.25, 0.3) is 0 Å². The molecule has 1 aromatic rings. The van der Waals surface area contributed by atoms with E-state index in [1.54, 1.807) is 12.1 Å². The zero-order chi connectivity index (χ0) is 15.9. The molecule has 7 heteroatoms. The van der Waals surface area contributed by atoms with Crippen molar-refractivity contribution in [2.24, 2.45) is 5.14 Å². The predicted octanol–water partition coefficient (Wildman–Crippen LogP) is 1.97. The molecule has 21 heavy (non-hydrogen) atoms. The van der Waals surface area contributed by atoms with Gasteiger partial charge in [-0.2, -0.15) is 0 Å². The minimum Gasteiger partial charge on any atom is -0.403 e. The normalized spacial score (nSPS) is 20.7. The Kier molecular flexibility index (Phi) is 4.23. The van der Waals surface area contributed by atoms with Gasteiger partial charge in [0.05, 0.1) is 16.1 Å². The van der Waals surface area contributed by atoms with Crippen LogP contribution in [0.4, 0.5) is 0 Å². The third kappa shape index (κ3) is 3.66. The third-order valence-corrected chi connectivity index (χ3v) is 5.15. The Morgan fingerprint density at radius 1 is 1.05 bits per heavy atom. The summed E-state index contributed by atoms with van der Waals surface area (Å²) in [6, 6.07) is 6.58. The largest absolute Gasteiger partial charge is 0.458 e. The molecule has 1 saturated heterocycles. The van der Waals surface area contributed by atoms with Crippen LogP contribution in [0.25, 0.3) is 0 Å². The number of rotatable bonds is 4. The first kappa shape index (κ1) is 16.5. The molecule has 0 aromatic heterocycles. The maximum atomic E-state index is 11.2. The van der Waals surface area contributed by atoms with Gasteiger partial charge in [-0.05, 0) is 58.1 Å². The van der Waals surface area contributed by atoms with Crippen LogP contribution in [0.2, 0.25) is 6.32 Å². The zero-order valence-corrected chi connectivity index (χ0v) is 13.7. The third-order valence-electron chi connectivity index (χ3n) is 4.22. The molecule has 1 aliphatic rings. The van der Waals surface area contributed by atoms with Crippen molar-refractivity contribution in [1.29, 1.82) is 0 Å². The summed E-state index contributed by atoms with van der Waals surface area (Å²) < 4.78 is 34.2. The minimum absolute atomic E-state index is 0.127. The van der Waals surface area contributed by atoms with Crippen LogP contribution in [-0.2, 0) is 25.8 Å². The molecule has 2 rings (SSSR count). The van der Waals surface area contributed by atoms with Crippen LogP contribution in [0.5, 0.6) is 0 Å². The molecule has 0 spiro atoms. The van der Waals surface area contributed by atoms with Gasteiger partial charge in [-0.3, -0.25) is 0 Å². The molecule has 0 radical (unpaired) electrons. The van der Waals surface area contributed by atoms with Gasteiger partial charge in [0.1, 0.15) is 0 Å². The van der Waals surface area contributed by atoms with Crippen molar-refractivity contribution in [3.8, 4) is 0 Å². The summed E-state index contributed by atoms with van der Waals surface area (Å²) in [4.78, 5) is 0.127. The predicted molar refractivity (Wildman–Crippen MR) is 82.4 cm³/mol. The molecule has 1 fully saturated rings. The van der Waals surface area contributed by atoms with E-state index in [0.29, 0.717) is 0 Å². The molecule has 0 bridgehead atoms. The number of primary sulfonamides is 1. The molecule has 0 atom stereocenters. The summed E-state index contributed by atoms with van der Waals surface area (Å²) in [5.74, 6) is 0. The molecular weight excluding hydrogens is 289 g/mol. The van der Waals surface area contributed by atoms with E-state index in [0.717, 1.165) is 18.3 Å². The van der Waals surface area contributed by atoms with Crippen LogP contribution in [0, 0.1) is 0 Å². The van der Waals surface area contributed by atoms with E-state index in [9.17, 15) is 8.42 Å². The Labute approximate surface area is 127 Å². The lowest BCUT2D eigenvalue weighted by atomic mass is 9.81. The summed E-state index contributed by atoms with van der Waals surface area (Å²) in [6.07, 6.45) is 1.48. The molecule has 1 aliphatic heterocycles. The lowest BCUT2D eigenvalue weighted by Gasteiger charge is -2.32. The fraction of sp³-hybridized carbons (Fsp3) is 0.571. The maximum Gasteiger partial charge on any atom is 0.458 e. The van der Waals surface area contributed by atoms with E-state index in [-0.39, 0.29) is 23.2 Å². The second-order valence-corrected chi connectivity index (χ2v) is 7.97. The molecule has 116 valence electrons. The van der Waals surface area contributed by atoms with Crippen molar-refractivity contribution in [1.82, 2.24) is 0 Å². The number of nitrogens with two attached hydrogens (primary N) is 1. The highest BCUT2D eigenvalue weighted by molar-refractivity contribution is 7.89. The van der Waals surface area contributed by atoms with E-state index < -0.39 is 10.0 Å². The standard InChI is InChI=1S/C14H22BNO4S/c1-13(2)14(3,4)20-15(19-13)10-9-11-5-7-12(8-6-11)21(16,17)18/h5-8H,9-10H2,1-4H3,(H2,16,17,18). The number of hydrogen-bond donors (Lipinski definition) is 1. The van der Waals surface area contributed by atoms with Crippen LogP contribution in [-0.4, -0.2) is 26.7 Å².